The summed E-state index contributed by atoms with van der Waals surface area (Å²) in [5, 5.41) is 17.7. The SMILES string of the molecule is CCC(C)C(NC(=O)C(Cc1ccccc1)NC(=O)C(N)CC(C)C)C(=O)NC(Cc1cnc[nH]1)C(=O)O. The molecule has 0 saturated carbocycles. The van der Waals surface area contributed by atoms with Gasteiger partial charge in [0.1, 0.15) is 18.1 Å². The Bertz CT molecular complexity index is 1040. The van der Waals surface area contributed by atoms with Crippen LogP contribution in [0.25, 0.3) is 0 Å². The maximum Gasteiger partial charge on any atom is 0.326 e. The summed E-state index contributed by atoms with van der Waals surface area (Å²) < 4.78 is 0. The number of nitrogens with two attached hydrogens (primary N) is 1. The van der Waals surface area contributed by atoms with Crippen molar-refractivity contribution in [2.24, 2.45) is 17.6 Å². The molecule has 2 aromatic rings. The number of amides is 3. The zero-order valence-electron chi connectivity index (χ0n) is 22.4. The van der Waals surface area contributed by atoms with E-state index in [2.05, 4.69) is 25.9 Å². The van der Waals surface area contributed by atoms with Crippen LogP contribution in [-0.2, 0) is 32.0 Å². The van der Waals surface area contributed by atoms with Gasteiger partial charge in [-0.2, -0.15) is 0 Å². The number of carbonyl (C=O) groups excluding carboxylic acids is 3. The molecule has 0 fully saturated rings. The van der Waals surface area contributed by atoms with Crippen molar-refractivity contribution in [3.05, 3.63) is 54.1 Å². The fourth-order valence-corrected chi connectivity index (χ4v) is 3.99. The number of H-pyrrole nitrogens is 1. The van der Waals surface area contributed by atoms with Crippen molar-refractivity contribution >= 4 is 23.7 Å². The molecule has 11 heteroatoms. The lowest BCUT2D eigenvalue weighted by Gasteiger charge is -2.28. The molecule has 2 rings (SSSR count). The fraction of sp³-hybridized carbons (Fsp3) is 0.519. The first-order valence-corrected chi connectivity index (χ1v) is 12.9. The van der Waals surface area contributed by atoms with Crippen LogP contribution in [-0.4, -0.2) is 62.9 Å². The van der Waals surface area contributed by atoms with E-state index in [9.17, 15) is 24.3 Å². The smallest absolute Gasteiger partial charge is 0.326 e. The van der Waals surface area contributed by atoms with Crippen LogP contribution in [0.15, 0.2) is 42.9 Å². The Kier molecular flexibility index (Phi) is 11.9. The van der Waals surface area contributed by atoms with Gasteiger partial charge < -0.3 is 31.8 Å². The van der Waals surface area contributed by atoms with Crippen molar-refractivity contribution in [3.63, 3.8) is 0 Å². The highest BCUT2D eigenvalue weighted by Gasteiger charge is 2.33. The number of carboxylic acids is 1. The summed E-state index contributed by atoms with van der Waals surface area (Å²) in [6.45, 7) is 7.56. The van der Waals surface area contributed by atoms with Crippen LogP contribution >= 0.6 is 0 Å². The Morgan fingerprint density at radius 1 is 0.947 bits per heavy atom. The number of benzene rings is 1. The summed E-state index contributed by atoms with van der Waals surface area (Å²) in [6.07, 6.45) is 4.10. The molecule has 0 radical (unpaired) electrons. The van der Waals surface area contributed by atoms with Gasteiger partial charge in [0.05, 0.1) is 12.4 Å². The van der Waals surface area contributed by atoms with E-state index in [1.54, 1.807) is 6.92 Å². The number of carbonyl (C=O) groups is 4. The summed E-state index contributed by atoms with van der Waals surface area (Å²) in [5.74, 6) is -2.96. The predicted octanol–water partition coefficient (Wildman–Crippen LogP) is 1.15. The van der Waals surface area contributed by atoms with E-state index in [0.29, 0.717) is 18.5 Å². The van der Waals surface area contributed by atoms with Crippen LogP contribution in [0.5, 0.6) is 0 Å². The molecule has 5 atom stereocenters. The number of aromatic nitrogens is 2. The number of carboxylic acid groups (broad SMARTS) is 1. The number of aromatic amines is 1. The highest BCUT2D eigenvalue weighted by atomic mass is 16.4. The number of nitrogens with zero attached hydrogens (tertiary/aromatic N) is 1. The van der Waals surface area contributed by atoms with Crippen LogP contribution in [0, 0.1) is 11.8 Å². The number of nitrogens with one attached hydrogen (secondary N) is 4. The van der Waals surface area contributed by atoms with E-state index < -0.39 is 47.9 Å². The first-order chi connectivity index (χ1) is 18.0. The third-order valence-corrected chi connectivity index (χ3v) is 6.36. The first-order valence-electron chi connectivity index (χ1n) is 12.9. The summed E-state index contributed by atoms with van der Waals surface area (Å²) >= 11 is 0. The summed E-state index contributed by atoms with van der Waals surface area (Å²) in [4.78, 5) is 58.0. The summed E-state index contributed by atoms with van der Waals surface area (Å²) in [7, 11) is 0. The van der Waals surface area contributed by atoms with E-state index in [1.165, 1.54) is 12.5 Å². The Balaban J connectivity index is 2.21. The van der Waals surface area contributed by atoms with Crippen molar-refractivity contribution in [2.75, 3.05) is 0 Å². The number of hydrogen-bond acceptors (Lipinski definition) is 6. The van der Waals surface area contributed by atoms with Gasteiger partial charge in [0.2, 0.25) is 17.7 Å². The second-order valence-corrected chi connectivity index (χ2v) is 10.0. The second-order valence-electron chi connectivity index (χ2n) is 10.0. The van der Waals surface area contributed by atoms with Gasteiger partial charge in [-0.25, -0.2) is 9.78 Å². The van der Waals surface area contributed by atoms with Gasteiger partial charge in [-0.3, -0.25) is 14.4 Å². The largest absolute Gasteiger partial charge is 0.480 e. The number of aliphatic carboxylic acids is 1. The van der Waals surface area contributed by atoms with Crippen LogP contribution in [0.2, 0.25) is 0 Å². The quantitative estimate of drug-likeness (QED) is 0.201. The molecule has 11 nitrogen and oxygen atoms in total. The Labute approximate surface area is 223 Å². The lowest BCUT2D eigenvalue weighted by molar-refractivity contribution is -0.142. The molecule has 1 aromatic carbocycles. The molecule has 0 aliphatic heterocycles. The van der Waals surface area contributed by atoms with Crippen LogP contribution in [0.3, 0.4) is 0 Å². The van der Waals surface area contributed by atoms with E-state index >= 15 is 0 Å². The van der Waals surface area contributed by atoms with Gasteiger partial charge in [0.25, 0.3) is 0 Å². The molecule has 0 spiro atoms. The van der Waals surface area contributed by atoms with Gasteiger partial charge in [-0.1, -0.05) is 64.4 Å². The zero-order chi connectivity index (χ0) is 28.2. The van der Waals surface area contributed by atoms with Crippen molar-refractivity contribution < 1.29 is 24.3 Å². The topological polar surface area (TPSA) is 179 Å². The average molecular weight is 529 g/mol. The van der Waals surface area contributed by atoms with Crippen molar-refractivity contribution in [3.8, 4) is 0 Å². The monoisotopic (exact) mass is 528 g/mol. The maximum atomic E-state index is 13.5. The minimum absolute atomic E-state index is 0.00265. The van der Waals surface area contributed by atoms with E-state index in [4.69, 9.17) is 5.73 Å². The molecule has 5 unspecified atom stereocenters. The van der Waals surface area contributed by atoms with Gasteiger partial charge in [-0.15, -0.1) is 0 Å². The molecule has 1 aromatic heterocycles. The molecule has 7 N–H and O–H groups in total. The number of imidazole rings is 1. The van der Waals surface area contributed by atoms with Gasteiger partial charge in [0, 0.05) is 24.7 Å². The number of hydrogen-bond donors (Lipinski definition) is 6. The minimum Gasteiger partial charge on any atom is -0.480 e. The molecular formula is C27H40N6O5. The highest BCUT2D eigenvalue weighted by Crippen LogP contribution is 2.12. The lowest BCUT2D eigenvalue weighted by Crippen LogP contribution is -2.59. The molecule has 208 valence electrons. The third-order valence-electron chi connectivity index (χ3n) is 6.36. The molecule has 0 saturated heterocycles. The summed E-state index contributed by atoms with van der Waals surface area (Å²) in [5.41, 5.74) is 7.41. The van der Waals surface area contributed by atoms with Crippen LogP contribution in [0.4, 0.5) is 0 Å². The normalized spacial score (nSPS) is 15.1. The maximum absolute atomic E-state index is 13.5. The Hall–Kier alpha value is -3.73. The van der Waals surface area contributed by atoms with E-state index in [0.717, 1.165) is 5.56 Å². The Morgan fingerprint density at radius 2 is 1.61 bits per heavy atom. The molecule has 0 bridgehead atoms. The van der Waals surface area contributed by atoms with Crippen LogP contribution in [0.1, 0.15) is 51.8 Å². The van der Waals surface area contributed by atoms with Crippen LogP contribution < -0.4 is 21.7 Å². The number of rotatable bonds is 15. The Morgan fingerprint density at radius 3 is 2.16 bits per heavy atom. The predicted molar refractivity (Wildman–Crippen MR) is 143 cm³/mol. The van der Waals surface area contributed by atoms with Crippen molar-refractivity contribution in [2.45, 2.75) is 77.5 Å². The first kappa shape index (κ1) is 30.5. The molecule has 0 aliphatic carbocycles. The van der Waals surface area contributed by atoms with E-state index in [-0.39, 0.29) is 24.7 Å². The fourth-order valence-electron chi connectivity index (χ4n) is 3.99. The van der Waals surface area contributed by atoms with Gasteiger partial charge in [0.15, 0.2) is 0 Å². The molecular weight excluding hydrogens is 488 g/mol. The zero-order valence-corrected chi connectivity index (χ0v) is 22.4. The minimum atomic E-state index is -1.22. The van der Waals surface area contributed by atoms with Gasteiger partial charge in [-0.05, 0) is 23.8 Å². The molecule has 3 amide bonds. The second kappa shape index (κ2) is 14.9. The molecule has 0 aliphatic rings. The third kappa shape index (κ3) is 9.62. The van der Waals surface area contributed by atoms with E-state index in [1.807, 2.05) is 51.1 Å². The van der Waals surface area contributed by atoms with Gasteiger partial charge >= 0.3 is 5.97 Å². The lowest BCUT2D eigenvalue weighted by atomic mass is 9.96. The summed E-state index contributed by atoms with van der Waals surface area (Å²) in [6, 6.07) is 5.18. The van der Waals surface area contributed by atoms with Crippen molar-refractivity contribution in [1.82, 2.24) is 25.9 Å². The molecule has 1 heterocycles. The highest BCUT2D eigenvalue weighted by molar-refractivity contribution is 5.94. The molecule has 38 heavy (non-hydrogen) atoms. The standard InChI is InChI=1S/C27H40N6O5/c1-5-17(4)23(26(36)32-22(27(37)38)13-19-14-29-15-30-19)33-25(35)21(12-18-9-7-6-8-10-18)31-24(34)20(28)11-16(2)3/h6-10,14-17,20-23H,5,11-13,28H2,1-4H3,(H,29,30)(H,31,34)(H,32,36)(H,33,35)(H,37,38). The average Bonchev–Trinajstić information content (AvgIpc) is 3.39. The van der Waals surface area contributed by atoms with Crippen molar-refractivity contribution in [1.29, 1.82) is 0 Å².